The molecular formula is C17H38N4O. The molecule has 0 N–H and O–H groups in total. The summed E-state index contributed by atoms with van der Waals surface area (Å²) >= 11 is 0. The lowest BCUT2D eigenvalue weighted by Crippen LogP contribution is -2.46. The van der Waals surface area contributed by atoms with Crippen LogP contribution in [0.15, 0.2) is 0 Å². The number of hydrogen-bond acceptors (Lipinski definition) is 5. The van der Waals surface area contributed by atoms with Crippen LogP contribution in [0.5, 0.6) is 0 Å². The third-order valence-corrected chi connectivity index (χ3v) is 4.53. The van der Waals surface area contributed by atoms with Crippen molar-refractivity contribution in [2.24, 2.45) is 0 Å². The first-order valence-electron chi connectivity index (χ1n) is 9.12. The normalized spacial score (nSPS) is 22.4. The Morgan fingerprint density at radius 1 is 0.727 bits per heavy atom. The highest BCUT2D eigenvalue weighted by atomic mass is 16.5. The van der Waals surface area contributed by atoms with Crippen molar-refractivity contribution in [3.63, 3.8) is 0 Å². The van der Waals surface area contributed by atoms with Gasteiger partial charge in [-0.1, -0.05) is 13.8 Å². The van der Waals surface area contributed by atoms with Crippen molar-refractivity contribution in [3.8, 4) is 0 Å². The van der Waals surface area contributed by atoms with E-state index >= 15 is 0 Å². The maximum absolute atomic E-state index is 5.35. The van der Waals surface area contributed by atoms with Gasteiger partial charge in [0.15, 0.2) is 0 Å². The Kier molecular flexibility index (Phi) is 11.1. The fraction of sp³-hybridized carbons (Fsp3) is 1.00. The topological polar surface area (TPSA) is 22.2 Å². The van der Waals surface area contributed by atoms with Gasteiger partial charge in [0, 0.05) is 59.0 Å². The van der Waals surface area contributed by atoms with Gasteiger partial charge in [0.05, 0.1) is 6.73 Å². The summed E-state index contributed by atoms with van der Waals surface area (Å²) in [6.07, 6.45) is 1.30. The molecule has 5 nitrogen and oxygen atoms in total. The molecule has 0 amide bonds. The third kappa shape index (κ3) is 8.44. The van der Waals surface area contributed by atoms with Gasteiger partial charge in [0.2, 0.25) is 0 Å². The van der Waals surface area contributed by atoms with Gasteiger partial charge >= 0.3 is 0 Å². The minimum absolute atomic E-state index is 0.814. The molecule has 0 unspecified atom stereocenters. The van der Waals surface area contributed by atoms with E-state index in [1.54, 1.807) is 0 Å². The van der Waals surface area contributed by atoms with Gasteiger partial charge in [-0.15, -0.1) is 0 Å². The summed E-state index contributed by atoms with van der Waals surface area (Å²) in [6.45, 7) is 20.4. The molecule has 2 fully saturated rings. The van der Waals surface area contributed by atoms with E-state index in [1.165, 1.54) is 58.8 Å². The molecule has 0 aliphatic carbocycles. The Hall–Kier alpha value is -0.200. The van der Waals surface area contributed by atoms with Crippen molar-refractivity contribution >= 4 is 0 Å². The van der Waals surface area contributed by atoms with Gasteiger partial charge in [0.25, 0.3) is 0 Å². The van der Waals surface area contributed by atoms with Crippen LogP contribution < -0.4 is 0 Å². The highest BCUT2D eigenvalue weighted by Gasteiger charge is 2.14. The molecule has 2 heterocycles. The van der Waals surface area contributed by atoms with Gasteiger partial charge in [-0.2, -0.15) is 0 Å². The van der Waals surface area contributed by atoms with Crippen molar-refractivity contribution in [2.75, 3.05) is 85.8 Å². The molecule has 2 aliphatic rings. The summed E-state index contributed by atoms with van der Waals surface area (Å²) < 4.78 is 5.35. The number of piperazine rings is 2. The molecule has 0 spiro atoms. The van der Waals surface area contributed by atoms with Crippen LogP contribution in [0.25, 0.3) is 0 Å². The van der Waals surface area contributed by atoms with Crippen LogP contribution in [0.1, 0.15) is 27.2 Å². The Morgan fingerprint density at radius 3 is 1.77 bits per heavy atom. The maximum Gasteiger partial charge on any atom is 0.0990 e. The zero-order chi connectivity index (χ0) is 16.2. The first-order valence-corrected chi connectivity index (χ1v) is 9.12. The zero-order valence-corrected chi connectivity index (χ0v) is 15.4. The minimum Gasteiger partial charge on any atom is -0.366 e. The predicted molar refractivity (Wildman–Crippen MR) is 94.4 cm³/mol. The Bertz CT molecular complexity index is 249. The van der Waals surface area contributed by atoms with Crippen molar-refractivity contribution in [2.45, 2.75) is 27.2 Å². The number of ether oxygens (including phenoxy) is 1. The number of hydrogen-bond donors (Lipinski definition) is 0. The molecule has 0 radical (unpaired) electrons. The van der Waals surface area contributed by atoms with Crippen molar-refractivity contribution < 1.29 is 4.74 Å². The van der Waals surface area contributed by atoms with E-state index in [0.717, 1.165) is 26.4 Å². The minimum atomic E-state index is 0.814. The fourth-order valence-corrected chi connectivity index (χ4v) is 2.84. The van der Waals surface area contributed by atoms with Gasteiger partial charge in [-0.25, -0.2) is 0 Å². The standard InChI is InChI=1S/C9H20N2O.C8H18N2/c1-3-10-5-7-11(8-6-10)9-12-4-2;1-3-4-10-7-5-9(2)6-8-10/h3-9H2,1-2H3;3-8H2,1-2H3. The van der Waals surface area contributed by atoms with Crippen molar-refractivity contribution in [1.29, 1.82) is 0 Å². The molecule has 0 aromatic heterocycles. The van der Waals surface area contributed by atoms with E-state index < -0.39 is 0 Å². The SMILES string of the molecule is CCCN1CCN(C)CC1.CCOCN1CCN(CC)CC1. The lowest BCUT2D eigenvalue weighted by atomic mass is 10.3. The predicted octanol–water partition coefficient (Wildman–Crippen LogP) is 1.26. The van der Waals surface area contributed by atoms with E-state index in [2.05, 4.69) is 40.5 Å². The number of rotatable bonds is 6. The summed E-state index contributed by atoms with van der Waals surface area (Å²) in [5, 5.41) is 0. The molecule has 2 aliphatic heterocycles. The molecule has 0 aromatic rings. The molecule has 0 atom stereocenters. The lowest BCUT2D eigenvalue weighted by molar-refractivity contribution is 0.00831. The molecule has 132 valence electrons. The molecule has 0 bridgehead atoms. The Balaban J connectivity index is 0.000000224. The molecule has 22 heavy (non-hydrogen) atoms. The van der Waals surface area contributed by atoms with Crippen LogP contribution in [-0.4, -0.2) is 105 Å². The second-order valence-electron chi connectivity index (χ2n) is 6.32. The summed E-state index contributed by atoms with van der Waals surface area (Å²) in [5.41, 5.74) is 0. The first kappa shape index (κ1) is 19.8. The largest absolute Gasteiger partial charge is 0.366 e. The van der Waals surface area contributed by atoms with Gasteiger partial charge in [-0.05, 0) is 33.5 Å². The van der Waals surface area contributed by atoms with Crippen LogP contribution in [0.3, 0.4) is 0 Å². The van der Waals surface area contributed by atoms with Crippen LogP contribution in [0.4, 0.5) is 0 Å². The van der Waals surface area contributed by atoms with Gasteiger partial charge in [0.1, 0.15) is 0 Å². The summed E-state index contributed by atoms with van der Waals surface area (Å²) in [4.78, 5) is 9.78. The second-order valence-corrected chi connectivity index (χ2v) is 6.32. The summed E-state index contributed by atoms with van der Waals surface area (Å²) in [5.74, 6) is 0. The Morgan fingerprint density at radius 2 is 1.27 bits per heavy atom. The van der Waals surface area contributed by atoms with Crippen LogP contribution in [0, 0.1) is 0 Å². The molecule has 2 rings (SSSR count). The highest BCUT2D eigenvalue weighted by Crippen LogP contribution is 2.00. The van der Waals surface area contributed by atoms with E-state index in [4.69, 9.17) is 4.74 Å². The molecule has 0 saturated carbocycles. The van der Waals surface area contributed by atoms with Crippen LogP contribution in [0.2, 0.25) is 0 Å². The molecular weight excluding hydrogens is 276 g/mol. The quantitative estimate of drug-likeness (QED) is 0.734. The smallest absolute Gasteiger partial charge is 0.0990 e. The van der Waals surface area contributed by atoms with E-state index in [9.17, 15) is 0 Å². The highest BCUT2D eigenvalue weighted by molar-refractivity contribution is 4.69. The van der Waals surface area contributed by atoms with E-state index in [-0.39, 0.29) is 0 Å². The van der Waals surface area contributed by atoms with Crippen molar-refractivity contribution in [3.05, 3.63) is 0 Å². The average molecular weight is 315 g/mol. The molecule has 0 aromatic carbocycles. The first-order chi connectivity index (χ1) is 10.7. The third-order valence-electron chi connectivity index (χ3n) is 4.53. The van der Waals surface area contributed by atoms with Crippen LogP contribution in [-0.2, 0) is 4.74 Å². The average Bonchev–Trinajstić information content (AvgIpc) is 2.56. The van der Waals surface area contributed by atoms with Crippen molar-refractivity contribution in [1.82, 2.24) is 19.6 Å². The Labute approximate surface area is 138 Å². The monoisotopic (exact) mass is 314 g/mol. The van der Waals surface area contributed by atoms with E-state index in [0.29, 0.717) is 0 Å². The maximum atomic E-state index is 5.35. The van der Waals surface area contributed by atoms with Crippen LogP contribution >= 0.6 is 0 Å². The second kappa shape index (κ2) is 12.3. The zero-order valence-electron chi connectivity index (χ0n) is 15.4. The summed E-state index contributed by atoms with van der Waals surface area (Å²) in [7, 11) is 2.20. The van der Waals surface area contributed by atoms with E-state index in [1.807, 2.05) is 6.92 Å². The fourth-order valence-electron chi connectivity index (χ4n) is 2.84. The lowest BCUT2D eigenvalue weighted by Gasteiger charge is -2.33. The summed E-state index contributed by atoms with van der Waals surface area (Å²) in [6, 6.07) is 0. The molecule has 2 saturated heterocycles. The number of likely N-dealkylation sites (N-methyl/N-ethyl adjacent to an activating group) is 2. The van der Waals surface area contributed by atoms with Gasteiger partial charge < -0.3 is 19.4 Å². The van der Waals surface area contributed by atoms with Gasteiger partial charge in [-0.3, -0.25) is 4.90 Å². The molecule has 5 heteroatoms. The number of nitrogens with zero attached hydrogens (tertiary/aromatic N) is 4.